The Morgan fingerprint density at radius 2 is 1.36 bits per heavy atom. The van der Waals surface area contributed by atoms with Gasteiger partial charge in [-0.1, -0.05) is 26.8 Å². The molecule has 3 atom stereocenters. The van der Waals surface area contributed by atoms with Crippen molar-refractivity contribution < 1.29 is 30.3 Å². The van der Waals surface area contributed by atoms with Gasteiger partial charge in [-0.3, -0.25) is 0 Å². The second-order valence-corrected chi connectivity index (χ2v) is 9.37. The molecule has 0 saturated heterocycles. The zero-order valence-electron chi connectivity index (χ0n) is 19.3. The van der Waals surface area contributed by atoms with E-state index in [9.17, 15) is 25.5 Å². The van der Waals surface area contributed by atoms with Crippen LogP contribution in [-0.2, 0) is 17.4 Å². The number of hydrogen-bond donors (Lipinski definition) is 5. The minimum Gasteiger partial charge on any atom is -0.508 e. The van der Waals surface area contributed by atoms with Gasteiger partial charge < -0.3 is 30.3 Å². The highest BCUT2D eigenvalue weighted by Gasteiger charge is 2.52. The van der Waals surface area contributed by atoms with E-state index in [0.717, 1.165) is 12.0 Å². The summed E-state index contributed by atoms with van der Waals surface area (Å²) in [5.74, 6) is 0.359. The average Bonchev–Trinajstić information content (AvgIpc) is 2.75. The third-order valence-electron chi connectivity index (χ3n) is 7.60. The Balaban J connectivity index is 1.83. The Morgan fingerprint density at radius 3 is 1.97 bits per heavy atom. The van der Waals surface area contributed by atoms with E-state index in [1.54, 1.807) is 18.2 Å². The molecule has 0 aliphatic carbocycles. The largest absolute Gasteiger partial charge is 0.508 e. The van der Waals surface area contributed by atoms with Gasteiger partial charge in [-0.2, -0.15) is 0 Å². The number of aromatic hydroxyl groups is 5. The number of phenols is 5. The summed E-state index contributed by atoms with van der Waals surface area (Å²) in [5.41, 5.74) is 1.48. The molecule has 6 nitrogen and oxygen atoms in total. The van der Waals surface area contributed by atoms with Crippen LogP contribution in [0.3, 0.4) is 0 Å². The van der Waals surface area contributed by atoms with Crippen molar-refractivity contribution in [2.24, 2.45) is 5.92 Å². The van der Waals surface area contributed by atoms with Crippen LogP contribution in [0.1, 0.15) is 56.4 Å². The smallest absolute Gasteiger partial charge is 0.138 e. The SMILES string of the molecule is CCC1(C)c2cc(Cc3ccc(O)cc3O)c(O)cc2OC(C)(c2ccc(O)cc2O)C1C. The van der Waals surface area contributed by atoms with Crippen LogP contribution in [-0.4, -0.2) is 25.5 Å². The summed E-state index contributed by atoms with van der Waals surface area (Å²) in [6, 6.07) is 12.4. The van der Waals surface area contributed by atoms with Crippen molar-refractivity contribution in [2.75, 3.05) is 0 Å². The highest BCUT2D eigenvalue weighted by atomic mass is 16.5. The number of rotatable bonds is 4. The van der Waals surface area contributed by atoms with Crippen LogP contribution in [0.5, 0.6) is 34.5 Å². The summed E-state index contributed by atoms with van der Waals surface area (Å²) in [7, 11) is 0. The van der Waals surface area contributed by atoms with E-state index in [0.29, 0.717) is 22.4 Å². The minimum atomic E-state index is -0.904. The molecule has 0 amide bonds. The Kier molecular flexibility index (Phi) is 5.35. The molecule has 0 radical (unpaired) electrons. The lowest BCUT2D eigenvalue weighted by Gasteiger charge is -2.51. The molecule has 4 rings (SSSR count). The highest BCUT2D eigenvalue weighted by molar-refractivity contribution is 5.55. The first-order chi connectivity index (χ1) is 15.5. The molecule has 3 unspecified atom stereocenters. The van der Waals surface area contributed by atoms with Gasteiger partial charge in [0.15, 0.2) is 0 Å². The zero-order chi connectivity index (χ0) is 24.1. The van der Waals surface area contributed by atoms with Crippen molar-refractivity contribution in [3.8, 4) is 34.5 Å². The van der Waals surface area contributed by atoms with E-state index < -0.39 is 5.60 Å². The summed E-state index contributed by atoms with van der Waals surface area (Å²) >= 11 is 0. The zero-order valence-corrected chi connectivity index (χ0v) is 19.3. The highest BCUT2D eigenvalue weighted by Crippen LogP contribution is 2.56. The third kappa shape index (κ3) is 3.59. The van der Waals surface area contributed by atoms with E-state index >= 15 is 0 Å². The van der Waals surface area contributed by atoms with Crippen LogP contribution in [0.4, 0.5) is 0 Å². The van der Waals surface area contributed by atoms with E-state index in [2.05, 4.69) is 20.8 Å². The molecule has 0 aromatic heterocycles. The molecule has 0 saturated carbocycles. The molecule has 33 heavy (non-hydrogen) atoms. The van der Waals surface area contributed by atoms with Gasteiger partial charge in [-0.25, -0.2) is 0 Å². The van der Waals surface area contributed by atoms with Crippen LogP contribution in [0.2, 0.25) is 0 Å². The van der Waals surface area contributed by atoms with Crippen LogP contribution >= 0.6 is 0 Å². The Hall–Kier alpha value is -3.54. The standard InChI is InChI=1S/C27H30O6/c1-5-26(3)15(2)27(4,20-9-8-19(29)13-24(20)32)33-25-14-23(31)17(11-21(25)26)10-16-6-7-18(28)12-22(16)30/h6-9,11-15,28-32H,5,10H2,1-4H3. The topological polar surface area (TPSA) is 110 Å². The van der Waals surface area contributed by atoms with Gasteiger partial charge in [0.1, 0.15) is 40.1 Å². The number of hydrogen-bond acceptors (Lipinski definition) is 6. The lowest BCUT2D eigenvalue weighted by molar-refractivity contribution is -0.0329. The van der Waals surface area contributed by atoms with Crippen molar-refractivity contribution in [3.63, 3.8) is 0 Å². The maximum Gasteiger partial charge on any atom is 0.138 e. The van der Waals surface area contributed by atoms with Crippen molar-refractivity contribution in [1.29, 1.82) is 0 Å². The number of ether oxygens (including phenoxy) is 1. The molecule has 3 aromatic carbocycles. The first-order valence-corrected chi connectivity index (χ1v) is 11.1. The maximum absolute atomic E-state index is 10.8. The summed E-state index contributed by atoms with van der Waals surface area (Å²) in [4.78, 5) is 0. The van der Waals surface area contributed by atoms with E-state index in [1.165, 1.54) is 24.3 Å². The second-order valence-electron chi connectivity index (χ2n) is 9.37. The summed E-state index contributed by atoms with van der Waals surface area (Å²) in [5, 5.41) is 50.9. The summed E-state index contributed by atoms with van der Waals surface area (Å²) in [6.45, 7) is 8.24. The van der Waals surface area contributed by atoms with Gasteiger partial charge in [0.25, 0.3) is 0 Å². The fraction of sp³-hybridized carbons (Fsp3) is 0.333. The predicted molar refractivity (Wildman–Crippen MR) is 125 cm³/mol. The molecule has 5 N–H and O–H groups in total. The fourth-order valence-electron chi connectivity index (χ4n) is 5.08. The maximum atomic E-state index is 10.8. The van der Waals surface area contributed by atoms with Crippen molar-refractivity contribution >= 4 is 0 Å². The van der Waals surface area contributed by atoms with Gasteiger partial charge in [0.2, 0.25) is 0 Å². The van der Waals surface area contributed by atoms with Gasteiger partial charge in [-0.15, -0.1) is 0 Å². The molecular weight excluding hydrogens is 420 g/mol. The number of fused-ring (bicyclic) bond motifs is 1. The molecule has 1 heterocycles. The molecule has 6 heteroatoms. The number of benzene rings is 3. The Morgan fingerprint density at radius 1 is 0.758 bits per heavy atom. The Labute approximate surface area is 193 Å². The summed E-state index contributed by atoms with van der Waals surface area (Å²) in [6.07, 6.45) is 1.07. The van der Waals surface area contributed by atoms with Gasteiger partial charge in [-0.05, 0) is 48.7 Å². The summed E-state index contributed by atoms with van der Waals surface area (Å²) < 4.78 is 6.48. The quantitative estimate of drug-likeness (QED) is 0.363. The predicted octanol–water partition coefficient (Wildman–Crippen LogP) is 5.42. The van der Waals surface area contributed by atoms with Gasteiger partial charge >= 0.3 is 0 Å². The molecule has 0 spiro atoms. The van der Waals surface area contributed by atoms with E-state index in [-0.39, 0.29) is 46.5 Å². The van der Waals surface area contributed by atoms with Crippen LogP contribution in [0.15, 0.2) is 48.5 Å². The lowest BCUT2D eigenvalue weighted by Crippen LogP contribution is -2.50. The monoisotopic (exact) mass is 450 g/mol. The average molecular weight is 451 g/mol. The molecule has 0 fully saturated rings. The van der Waals surface area contributed by atoms with Crippen molar-refractivity contribution in [1.82, 2.24) is 0 Å². The first-order valence-electron chi connectivity index (χ1n) is 11.1. The fourth-order valence-corrected chi connectivity index (χ4v) is 5.08. The van der Waals surface area contributed by atoms with Gasteiger partial charge in [0.05, 0.1) is 0 Å². The molecule has 1 aliphatic rings. The first kappa shape index (κ1) is 22.6. The van der Waals surface area contributed by atoms with Crippen LogP contribution in [0.25, 0.3) is 0 Å². The van der Waals surface area contributed by atoms with Crippen LogP contribution < -0.4 is 4.74 Å². The van der Waals surface area contributed by atoms with Crippen molar-refractivity contribution in [3.05, 3.63) is 70.8 Å². The minimum absolute atomic E-state index is 0.0246. The second kappa shape index (κ2) is 7.80. The molecule has 3 aromatic rings. The normalized spacial score (nSPS) is 24.2. The van der Waals surface area contributed by atoms with E-state index in [1.807, 2.05) is 13.0 Å². The molecule has 174 valence electrons. The lowest BCUT2D eigenvalue weighted by atomic mass is 9.61. The molecule has 0 bridgehead atoms. The van der Waals surface area contributed by atoms with Crippen LogP contribution in [0, 0.1) is 5.92 Å². The molecule has 1 aliphatic heterocycles. The molecular formula is C27H30O6. The Bertz CT molecular complexity index is 1220. The van der Waals surface area contributed by atoms with E-state index in [4.69, 9.17) is 4.74 Å². The van der Waals surface area contributed by atoms with Crippen molar-refractivity contribution in [2.45, 2.75) is 51.6 Å². The third-order valence-corrected chi connectivity index (χ3v) is 7.60. The van der Waals surface area contributed by atoms with Gasteiger partial charge in [0, 0.05) is 47.1 Å². The number of phenolic OH excluding ortho intramolecular Hbond substituents is 5.